The lowest BCUT2D eigenvalue weighted by Crippen LogP contribution is -2.17. The molecular weight excluding hydrogens is 358 g/mol. The average Bonchev–Trinajstić information content (AvgIpc) is 2.63. The maximum absolute atomic E-state index is 12.1. The summed E-state index contributed by atoms with van der Waals surface area (Å²) >= 11 is 5.72. The van der Waals surface area contributed by atoms with Crippen molar-refractivity contribution >= 4 is 40.2 Å². The van der Waals surface area contributed by atoms with E-state index in [1.54, 1.807) is 6.07 Å². The fraction of sp³-hybridized carbons (Fsp3) is 0. The zero-order valence-corrected chi connectivity index (χ0v) is 14.0. The second kappa shape index (κ2) is 7.20. The van der Waals surface area contributed by atoms with E-state index in [0.29, 0.717) is 5.56 Å². The zero-order valence-electron chi connectivity index (χ0n) is 13.2. The molecule has 0 atom stereocenters. The number of fused-ring (bicyclic) bond motifs is 1. The Labute approximate surface area is 152 Å². The number of hydrogen-bond acceptors (Lipinski definition) is 5. The van der Waals surface area contributed by atoms with E-state index in [2.05, 4.69) is 10.5 Å². The average molecular weight is 370 g/mol. The third-order valence-electron chi connectivity index (χ3n) is 3.71. The molecule has 2 N–H and O–H groups in total. The summed E-state index contributed by atoms with van der Waals surface area (Å²) in [4.78, 5) is 22.3. The lowest BCUT2D eigenvalue weighted by molar-refractivity contribution is -0.384. The van der Waals surface area contributed by atoms with E-state index in [1.165, 1.54) is 24.4 Å². The third kappa shape index (κ3) is 3.47. The molecule has 7 nitrogen and oxygen atoms in total. The van der Waals surface area contributed by atoms with Crippen molar-refractivity contribution in [2.24, 2.45) is 5.10 Å². The molecule has 3 aromatic carbocycles. The van der Waals surface area contributed by atoms with Crippen LogP contribution in [0.2, 0.25) is 5.02 Å². The summed E-state index contributed by atoms with van der Waals surface area (Å²) in [6.45, 7) is 0. The fourth-order valence-electron chi connectivity index (χ4n) is 2.43. The molecule has 3 rings (SSSR count). The Morgan fingerprint density at radius 2 is 1.96 bits per heavy atom. The van der Waals surface area contributed by atoms with Crippen LogP contribution in [0.3, 0.4) is 0 Å². The van der Waals surface area contributed by atoms with E-state index in [9.17, 15) is 20.0 Å². The van der Waals surface area contributed by atoms with Gasteiger partial charge in [0.15, 0.2) is 0 Å². The summed E-state index contributed by atoms with van der Waals surface area (Å²) < 4.78 is 0. The smallest absolute Gasteiger partial charge is 0.288 e. The Morgan fingerprint density at radius 1 is 1.19 bits per heavy atom. The van der Waals surface area contributed by atoms with Gasteiger partial charge in [-0.3, -0.25) is 14.9 Å². The minimum Gasteiger partial charge on any atom is -0.507 e. The fourth-order valence-corrected chi connectivity index (χ4v) is 2.62. The van der Waals surface area contributed by atoms with Gasteiger partial charge in [0.25, 0.3) is 11.6 Å². The van der Waals surface area contributed by atoms with Crippen LogP contribution in [0.5, 0.6) is 5.75 Å². The number of carbonyl (C=O) groups is 1. The molecule has 0 saturated carbocycles. The Hall–Kier alpha value is -3.45. The molecule has 1 amide bonds. The molecule has 0 radical (unpaired) electrons. The molecule has 0 heterocycles. The number of nitro groups is 1. The van der Waals surface area contributed by atoms with Crippen LogP contribution in [0.1, 0.15) is 15.9 Å². The number of nitro benzene ring substituents is 1. The number of halogens is 1. The molecular formula is C18H12ClN3O4. The predicted octanol–water partition coefficient (Wildman–Crippen LogP) is 3.87. The Morgan fingerprint density at radius 3 is 2.73 bits per heavy atom. The van der Waals surface area contributed by atoms with Crippen LogP contribution in [0.15, 0.2) is 59.7 Å². The van der Waals surface area contributed by atoms with Crippen molar-refractivity contribution in [3.05, 3.63) is 80.9 Å². The molecule has 130 valence electrons. The van der Waals surface area contributed by atoms with Crippen molar-refractivity contribution in [3.63, 3.8) is 0 Å². The minimum atomic E-state index is -0.670. The van der Waals surface area contributed by atoms with Crippen LogP contribution in [0.25, 0.3) is 10.8 Å². The van der Waals surface area contributed by atoms with Crippen molar-refractivity contribution in [2.45, 2.75) is 0 Å². The molecule has 0 aliphatic heterocycles. The first-order valence-electron chi connectivity index (χ1n) is 7.45. The van der Waals surface area contributed by atoms with E-state index < -0.39 is 10.8 Å². The van der Waals surface area contributed by atoms with Crippen LogP contribution in [0, 0.1) is 10.1 Å². The molecule has 3 aromatic rings. The highest BCUT2D eigenvalue weighted by Crippen LogP contribution is 2.26. The van der Waals surface area contributed by atoms with Crippen molar-refractivity contribution in [1.29, 1.82) is 0 Å². The monoisotopic (exact) mass is 369 g/mol. The first-order chi connectivity index (χ1) is 12.5. The summed E-state index contributed by atoms with van der Waals surface area (Å²) in [5.74, 6) is -0.621. The number of aromatic hydroxyl groups is 1. The molecule has 0 aromatic heterocycles. The summed E-state index contributed by atoms with van der Waals surface area (Å²) in [5, 5.41) is 26.4. The highest BCUT2D eigenvalue weighted by Gasteiger charge is 2.16. The number of nitrogens with zero attached hydrogens (tertiary/aromatic N) is 2. The first-order valence-corrected chi connectivity index (χ1v) is 7.83. The quantitative estimate of drug-likeness (QED) is 0.413. The maximum atomic E-state index is 12.1. The number of rotatable bonds is 4. The van der Waals surface area contributed by atoms with Crippen LogP contribution in [-0.4, -0.2) is 22.2 Å². The SMILES string of the molecule is O=C(N/N=C\c1c(O)ccc2ccccc12)c1ccc(Cl)c([N+](=O)[O-])c1. The minimum absolute atomic E-state index is 0.0174. The molecule has 0 unspecified atom stereocenters. The van der Waals surface area contributed by atoms with Crippen molar-refractivity contribution in [2.75, 3.05) is 0 Å². The van der Waals surface area contributed by atoms with Gasteiger partial charge in [-0.2, -0.15) is 5.10 Å². The van der Waals surface area contributed by atoms with Gasteiger partial charge in [-0.25, -0.2) is 5.43 Å². The lowest BCUT2D eigenvalue weighted by atomic mass is 10.0. The van der Waals surface area contributed by atoms with Gasteiger partial charge in [-0.15, -0.1) is 0 Å². The van der Waals surface area contributed by atoms with Gasteiger partial charge in [-0.05, 0) is 29.0 Å². The molecule has 0 spiro atoms. The predicted molar refractivity (Wildman–Crippen MR) is 98.8 cm³/mol. The number of amides is 1. The van der Waals surface area contributed by atoms with Gasteiger partial charge >= 0.3 is 0 Å². The maximum Gasteiger partial charge on any atom is 0.288 e. The number of carbonyl (C=O) groups excluding carboxylic acids is 1. The van der Waals surface area contributed by atoms with Gasteiger partial charge in [0, 0.05) is 17.2 Å². The lowest BCUT2D eigenvalue weighted by Gasteiger charge is -2.05. The van der Waals surface area contributed by atoms with E-state index >= 15 is 0 Å². The molecule has 0 aliphatic carbocycles. The number of hydrogen-bond donors (Lipinski definition) is 2. The van der Waals surface area contributed by atoms with Crippen molar-refractivity contribution in [1.82, 2.24) is 5.43 Å². The summed E-state index contributed by atoms with van der Waals surface area (Å²) in [6, 6.07) is 14.4. The van der Waals surface area contributed by atoms with Gasteiger partial charge in [0.1, 0.15) is 10.8 Å². The van der Waals surface area contributed by atoms with Gasteiger partial charge < -0.3 is 5.11 Å². The van der Waals surface area contributed by atoms with E-state index in [-0.39, 0.29) is 22.0 Å². The number of hydrazone groups is 1. The molecule has 0 saturated heterocycles. The van der Waals surface area contributed by atoms with E-state index in [4.69, 9.17) is 11.6 Å². The van der Waals surface area contributed by atoms with Crippen LogP contribution < -0.4 is 5.43 Å². The Kier molecular flexibility index (Phi) is 4.81. The van der Waals surface area contributed by atoms with Crippen molar-refractivity contribution < 1.29 is 14.8 Å². The standard InChI is InChI=1S/C18H12ClN3O4/c19-15-7-5-12(9-16(15)22(25)26)18(24)21-20-10-14-13-4-2-1-3-11(13)6-8-17(14)23/h1-10,23H,(H,21,24)/b20-10-. The van der Waals surface area contributed by atoms with Crippen LogP contribution >= 0.6 is 11.6 Å². The summed E-state index contributed by atoms with van der Waals surface area (Å²) in [5.41, 5.74) is 2.40. The second-order valence-corrected chi connectivity index (χ2v) is 5.75. The van der Waals surface area contributed by atoms with Gasteiger partial charge in [0.2, 0.25) is 0 Å². The number of phenolic OH excluding ortho intramolecular Hbond substituents is 1. The third-order valence-corrected chi connectivity index (χ3v) is 4.03. The molecule has 26 heavy (non-hydrogen) atoms. The molecule has 0 bridgehead atoms. The second-order valence-electron chi connectivity index (χ2n) is 5.34. The van der Waals surface area contributed by atoms with Gasteiger partial charge in [0.05, 0.1) is 11.1 Å². The highest BCUT2D eigenvalue weighted by atomic mass is 35.5. The molecule has 0 fully saturated rings. The van der Waals surface area contributed by atoms with Crippen LogP contribution in [-0.2, 0) is 0 Å². The number of nitrogens with one attached hydrogen (secondary N) is 1. The van der Waals surface area contributed by atoms with Crippen LogP contribution in [0.4, 0.5) is 5.69 Å². The zero-order chi connectivity index (χ0) is 18.7. The summed E-state index contributed by atoms with van der Waals surface area (Å²) in [7, 11) is 0. The normalized spacial score (nSPS) is 11.0. The van der Waals surface area contributed by atoms with Crippen molar-refractivity contribution in [3.8, 4) is 5.75 Å². The topological polar surface area (TPSA) is 105 Å². The Bertz CT molecular complexity index is 1050. The first kappa shape index (κ1) is 17.4. The van der Waals surface area contributed by atoms with Gasteiger partial charge in [-0.1, -0.05) is 41.9 Å². The largest absolute Gasteiger partial charge is 0.507 e. The molecule has 8 heteroatoms. The summed E-state index contributed by atoms with van der Waals surface area (Å²) in [6.07, 6.45) is 1.32. The molecule has 0 aliphatic rings. The van der Waals surface area contributed by atoms with E-state index in [0.717, 1.165) is 16.8 Å². The number of benzene rings is 3. The highest BCUT2D eigenvalue weighted by molar-refractivity contribution is 6.32. The number of phenols is 1. The Balaban J connectivity index is 1.83. The van der Waals surface area contributed by atoms with E-state index in [1.807, 2.05) is 24.3 Å².